The van der Waals surface area contributed by atoms with Crippen LogP contribution < -0.4 is 10.2 Å². The highest BCUT2D eigenvalue weighted by Crippen LogP contribution is 2.37. The van der Waals surface area contributed by atoms with Crippen LogP contribution in [0.4, 0.5) is 4.79 Å². The Morgan fingerprint density at radius 3 is 2.21 bits per heavy atom. The Balaban J connectivity index is 1.73. The molecule has 1 atom stereocenters. The Hall–Kier alpha value is -2.26. The van der Waals surface area contributed by atoms with Gasteiger partial charge in [-0.05, 0) is 73.0 Å². The fourth-order valence-electron chi connectivity index (χ4n) is 3.91. The zero-order valence-electron chi connectivity index (χ0n) is 21.4. The van der Waals surface area contributed by atoms with Crippen LogP contribution in [0.2, 0.25) is 0 Å². The summed E-state index contributed by atoms with van der Waals surface area (Å²) in [5.41, 5.74) is -0.205. The van der Waals surface area contributed by atoms with Crippen LogP contribution in [-0.2, 0) is 14.0 Å². The minimum atomic E-state index is -0.559. The van der Waals surface area contributed by atoms with E-state index in [0.29, 0.717) is 30.9 Å². The predicted octanol–water partition coefficient (Wildman–Crippen LogP) is 3.08. The third kappa shape index (κ3) is 5.30. The van der Waals surface area contributed by atoms with E-state index >= 15 is 0 Å². The molecule has 3 rings (SSSR count). The van der Waals surface area contributed by atoms with E-state index in [-0.39, 0.29) is 18.0 Å². The molecular formula is C24H37BN2O6. The van der Waals surface area contributed by atoms with Gasteiger partial charge in [0.05, 0.1) is 23.9 Å². The summed E-state index contributed by atoms with van der Waals surface area (Å²) >= 11 is 0. The van der Waals surface area contributed by atoms with Gasteiger partial charge in [-0.15, -0.1) is 0 Å². The van der Waals surface area contributed by atoms with Crippen molar-refractivity contribution in [2.24, 2.45) is 0 Å². The van der Waals surface area contributed by atoms with Crippen molar-refractivity contribution >= 4 is 24.6 Å². The monoisotopic (exact) mass is 460 g/mol. The van der Waals surface area contributed by atoms with Crippen LogP contribution in [0.25, 0.3) is 0 Å². The first kappa shape index (κ1) is 25.4. The number of rotatable bonds is 3. The molecule has 182 valence electrons. The van der Waals surface area contributed by atoms with E-state index in [2.05, 4.69) is 0 Å². The first-order chi connectivity index (χ1) is 15.1. The number of amides is 2. The molecule has 2 saturated heterocycles. The van der Waals surface area contributed by atoms with E-state index in [4.69, 9.17) is 18.8 Å². The molecule has 1 aromatic rings. The molecule has 0 aliphatic carbocycles. The van der Waals surface area contributed by atoms with Crippen molar-refractivity contribution in [1.82, 2.24) is 9.80 Å². The van der Waals surface area contributed by atoms with Crippen LogP contribution in [0.3, 0.4) is 0 Å². The Kier molecular flexibility index (Phi) is 6.79. The molecule has 0 unspecified atom stereocenters. The third-order valence-corrected chi connectivity index (χ3v) is 6.52. The standard InChI is InChI=1S/C24H37BN2O6/c1-16-15-26(12-13-27(16)21(29)31-22(2,3)4)20(28)18-11-10-17(14-19(18)30-9)25-32-23(5,6)24(7,8)33-25/h10-11,14,16H,12-13,15H2,1-9H3/t16-/m1/s1. The molecule has 0 aromatic heterocycles. The van der Waals surface area contributed by atoms with Gasteiger partial charge in [0.1, 0.15) is 11.4 Å². The van der Waals surface area contributed by atoms with Crippen molar-refractivity contribution < 1.29 is 28.4 Å². The zero-order chi connectivity index (χ0) is 24.8. The highest BCUT2D eigenvalue weighted by Gasteiger charge is 2.51. The fourth-order valence-corrected chi connectivity index (χ4v) is 3.91. The molecule has 9 heteroatoms. The Morgan fingerprint density at radius 1 is 1.09 bits per heavy atom. The first-order valence-corrected chi connectivity index (χ1v) is 11.5. The van der Waals surface area contributed by atoms with Crippen LogP contribution in [0.15, 0.2) is 18.2 Å². The molecule has 8 nitrogen and oxygen atoms in total. The molecule has 2 amide bonds. The van der Waals surface area contributed by atoms with Gasteiger partial charge < -0.3 is 28.6 Å². The van der Waals surface area contributed by atoms with Gasteiger partial charge in [-0.1, -0.05) is 6.07 Å². The normalized spacial score (nSPS) is 22.3. The number of ether oxygens (including phenoxy) is 2. The van der Waals surface area contributed by atoms with Crippen molar-refractivity contribution in [3.63, 3.8) is 0 Å². The summed E-state index contributed by atoms with van der Waals surface area (Å²) in [6.45, 7) is 16.7. The molecule has 2 aliphatic rings. The summed E-state index contributed by atoms with van der Waals surface area (Å²) in [5.74, 6) is 0.331. The molecule has 2 heterocycles. The molecule has 2 aliphatic heterocycles. The van der Waals surface area contributed by atoms with Gasteiger partial charge >= 0.3 is 13.2 Å². The Bertz CT molecular complexity index is 895. The summed E-state index contributed by atoms with van der Waals surface area (Å²) in [6.07, 6.45) is -0.355. The number of hydrogen-bond donors (Lipinski definition) is 0. The number of hydrogen-bond acceptors (Lipinski definition) is 6. The topological polar surface area (TPSA) is 77.5 Å². The van der Waals surface area contributed by atoms with Crippen LogP contribution >= 0.6 is 0 Å². The molecule has 0 radical (unpaired) electrons. The molecule has 0 spiro atoms. The molecule has 0 saturated carbocycles. The molecule has 0 bridgehead atoms. The highest BCUT2D eigenvalue weighted by atomic mass is 16.7. The number of carbonyl (C=O) groups is 2. The summed E-state index contributed by atoms with van der Waals surface area (Å²) in [6, 6.07) is 5.24. The van der Waals surface area contributed by atoms with Crippen molar-refractivity contribution in [2.45, 2.75) is 78.2 Å². The maximum absolute atomic E-state index is 13.3. The van der Waals surface area contributed by atoms with E-state index in [9.17, 15) is 9.59 Å². The van der Waals surface area contributed by atoms with Gasteiger partial charge in [0.15, 0.2) is 0 Å². The molecule has 0 N–H and O–H groups in total. The van der Waals surface area contributed by atoms with Gasteiger partial charge in [-0.25, -0.2) is 4.79 Å². The third-order valence-electron chi connectivity index (χ3n) is 6.52. The van der Waals surface area contributed by atoms with Crippen molar-refractivity contribution in [2.75, 3.05) is 26.7 Å². The second-order valence-corrected chi connectivity index (χ2v) is 10.8. The highest BCUT2D eigenvalue weighted by molar-refractivity contribution is 6.62. The fraction of sp³-hybridized carbons (Fsp3) is 0.667. The maximum atomic E-state index is 13.3. The predicted molar refractivity (Wildman–Crippen MR) is 127 cm³/mol. The second kappa shape index (κ2) is 8.83. The molecule has 2 fully saturated rings. The SMILES string of the molecule is COc1cc(B2OC(C)(C)C(C)(C)O2)ccc1C(=O)N1CCN(C(=O)OC(C)(C)C)[C@H](C)C1. The first-order valence-electron chi connectivity index (χ1n) is 11.5. The average Bonchev–Trinajstić information content (AvgIpc) is 2.92. The van der Waals surface area contributed by atoms with E-state index in [1.165, 1.54) is 0 Å². The number of methoxy groups -OCH3 is 1. The quantitative estimate of drug-likeness (QED) is 0.646. The van der Waals surface area contributed by atoms with E-state index in [1.807, 2.05) is 61.5 Å². The lowest BCUT2D eigenvalue weighted by atomic mass is 9.78. The van der Waals surface area contributed by atoms with E-state index < -0.39 is 23.9 Å². The maximum Gasteiger partial charge on any atom is 0.494 e. The van der Waals surface area contributed by atoms with Gasteiger partial charge in [0.2, 0.25) is 0 Å². The Morgan fingerprint density at radius 2 is 1.70 bits per heavy atom. The van der Waals surface area contributed by atoms with Crippen LogP contribution in [-0.4, -0.2) is 78.5 Å². The van der Waals surface area contributed by atoms with Gasteiger partial charge in [-0.3, -0.25) is 4.79 Å². The lowest BCUT2D eigenvalue weighted by Crippen LogP contribution is -2.56. The number of benzene rings is 1. The molecule has 1 aromatic carbocycles. The average molecular weight is 460 g/mol. The summed E-state index contributed by atoms with van der Waals surface area (Å²) in [7, 11) is 1.01. The van der Waals surface area contributed by atoms with Crippen LogP contribution in [0, 0.1) is 0 Å². The zero-order valence-corrected chi connectivity index (χ0v) is 21.4. The minimum absolute atomic E-state index is 0.136. The second-order valence-electron chi connectivity index (χ2n) is 10.8. The number of nitrogens with zero attached hydrogens (tertiary/aromatic N) is 2. The minimum Gasteiger partial charge on any atom is -0.496 e. The summed E-state index contributed by atoms with van der Waals surface area (Å²) < 4.78 is 23.3. The number of carbonyl (C=O) groups excluding carboxylic acids is 2. The summed E-state index contributed by atoms with van der Waals surface area (Å²) in [5, 5.41) is 0. The van der Waals surface area contributed by atoms with Crippen molar-refractivity contribution in [3.05, 3.63) is 23.8 Å². The van der Waals surface area contributed by atoms with Gasteiger partial charge in [-0.2, -0.15) is 0 Å². The van der Waals surface area contributed by atoms with Crippen LogP contribution in [0.1, 0.15) is 65.7 Å². The van der Waals surface area contributed by atoms with E-state index in [0.717, 1.165) is 5.46 Å². The molecule has 33 heavy (non-hydrogen) atoms. The van der Waals surface area contributed by atoms with Gasteiger partial charge in [0.25, 0.3) is 5.91 Å². The Labute approximate surface area is 197 Å². The largest absolute Gasteiger partial charge is 0.496 e. The molecular weight excluding hydrogens is 423 g/mol. The lowest BCUT2D eigenvalue weighted by Gasteiger charge is -2.40. The van der Waals surface area contributed by atoms with Crippen LogP contribution in [0.5, 0.6) is 5.75 Å². The smallest absolute Gasteiger partial charge is 0.494 e. The van der Waals surface area contributed by atoms with Crippen molar-refractivity contribution in [1.29, 1.82) is 0 Å². The number of piperazine rings is 1. The lowest BCUT2D eigenvalue weighted by molar-refractivity contribution is 0.00193. The summed E-state index contributed by atoms with van der Waals surface area (Å²) in [4.78, 5) is 29.2. The van der Waals surface area contributed by atoms with E-state index in [1.54, 1.807) is 29.0 Å². The van der Waals surface area contributed by atoms with Gasteiger partial charge in [0, 0.05) is 25.7 Å². The van der Waals surface area contributed by atoms with Crippen molar-refractivity contribution in [3.8, 4) is 5.75 Å².